The Kier molecular flexibility index (Phi) is 4.68. The molecule has 1 aromatic carbocycles. The van der Waals surface area contributed by atoms with Gasteiger partial charge in [-0.15, -0.1) is 0 Å². The van der Waals surface area contributed by atoms with Crippen molar-refractivity contribution in [2.24, 2.45) is 11.7 Å². The van der Waals surface area contributed by atoms with Gasteiger partial charge >= 0.3 is 0 Å². The fraction of sp³-hybridized carbons (Fsp3) is 0.385. The van der Waals surface area contributed by atoms with Crippen LogP contribution in [0.25, 0.3) is 0 Å². The minimum absolute atomic E-state index is 0.0735. The molecule has 0 saturated heterocycles. The number of hydrogen-bond acceptors (Lipinski definition) is 3. The van der Waals surface area contributed by atoms with Gasteiger partial charge in [-0.2, -0.15) is 5.26 Å². The summed E-state index contributed by atoms with van der Waals surface area (Å²) in [5.41, 5.74) is 7.10. The molecule has 90 valence electrons. The van der Waals surface area contributed by atoms with Gasteiger partial charge in [0.05, 0.1) is 12.0 Å². The van der Waals surface area contributed by atoms with Crippen LogP contribution in [0, 0.1) is 17.2 Å². The molecule has 1 unspecified atom stereocenters. The first-order chi connectivity index (χ1) is 8.08. The summed E-state index contributed by atoms with van der Waals surface area (Å²) in [5.74, 6) is -0.233. The van der Waals surface area contributed by atoms with Crippen molar-refractivity contribution < 1.29 is 4.79 Å². The summed E-state index contributed by atoms with van der Waals surface area (Å²) < 4.78 is 0. The molecule has 1 amide bonds. The van der Waals surface area contributed by atoms with Crippen LogP contribution in [-0.2, 0) is 6.54 Å². The van der Waals surface area contributed by atoms with E-state index in [1.54, 1.807) is 31.0 Å². The Labute approximate surface area is 102 Å². The third-order valence-electron chi connectivity index (χ3n) is 2.55. The number of amides is 1. The monoisotopic (exact) mass is 231 g/mol. The minimum Gasteiger partial charge on any atom is -0.340 e. The average molecular weight is 231 g/mol. The molecule has 4 nitrogen and oxygen atoms in total. The highest BCUT2D eigenvalue weighted by Crippen LogP contribution is 2.08. The highest BCUT2D eigenvalue weighted by atomic mass is 16.2. The summed E-state index contributed by atoms with van der Waals surface area (Å²) in [5, 5.41) is 8.70. The second kappa shape index (κ2) is 6.02. The number of rotatable bonds is 4. The number of benzene rings is 1. The fourth-order valence-electron chi connectivity index (χ4n) is 1.54. The van der Waals surface area contributed by atoms with E-state index >= 15 is 0 Å². The molecule has 1 rings (SSSR count). The van der Waals surface area contributed by atoms with E-state index in [0.717, 1.165) is 5.56 Å². The van der Waals surface area contributed by atoms with E-state index in [2.05, 4.69) is 6.07 Å². The molecule has 0 fully saturated rings. The lowest BCUT2D eigenvalue weighted by molar-refractivity contribution is 0.0785. The molecule has 17 heavy (non-hydrogen) atoms. The number of nitriles is 1. The molecule has 2 N–H and O–H groups in total. The zero-order valence-corrected chi connectivity index (χ0v) is 10.2. The first kappa shape index (κ1) is 13.2. The van der Waals surface area contributed by atoms with Gasteiger partial charge in [0.15, 0.2) is 0 Å². The van der Waals surface area contributed by atoms with Crippen LogP contribution in [-0.4, -0.2) is 24.4 Å². The molecule has 4 heteroatoms. The van der Waals surface area contributed by atoms with Crippen LogP contribution in [0.15, 0.2) is 24.3 Å². The molecular formula is C13H17N3O. The van der Waals surface area contributed by atoms with Crippen LogP contribution in [0.1, 0.15) is 22.8 Å². The molecule has 0 saturated carbocycles. The molecular weight excluding hydrogens is 214 g/mol. The molecule has 1 aromatic rings. The Hall–Kier alpha value is -1.86. The van der Waals surface area contributed by atoms with Gasteiger partial charge in [-0.05, 0) is 24.6 Å². The normalized spacial score (nSPS) is 11.6. The predicted octanol–water partition coefficient (Wildman–Crippen LogP) is 1.38. The Morgan fingerprint density at radius 3 is 2.53 bits per heavy atom. The van der Waals surface area contributed by atoms with Crippen LogP contribution in [0.4, 0.5) is 0 Å². The largest absolute Gasteiger partial charge is 0.340 e. The predicted molar refractivity (Wildman–Crippen MR) is 66.1 cm³/mol. The van der Waals surface area contributed by atoms with Crippen LogP contribution in [0.5, 0.6) is 0 Å². The Bertz CT molecular complexity index is 419. The Morgan fingerprint density at radius 2 is 2.06 bits per heavy atom. The fourth-order valence-corrected chi connectivity index (χ4v) is 1.54. The summed E-state index contributed by atoms with van der Waals surface area (Å²) in [6.45, 7) is 2.70. The third-order valence-corrected chi connectivity index (χ3v) is 2.55. The molecule has 0 aliphatic carbocycles. The Balaban J connectivity index is 2.72. The quantitative estimate of drug-likeness (QED) is 0.851. The molecule has 0 aliphatic rings. The van der Waals surface area contributed by atoms with Crippen molar-refractivity contribution in [1.82, 2.24) is 4.90 Å². The van der Waals surface area contributed by atoms with Crippen molar-refractivity contribution in [2.45, 2.75) is 13.5 Å². The average Bonchev–Trinajstić information content (AvgIpc) is 2.37. The van der Waals surface area contributed by atoms with Gasteiger partial charge in [-0.1, -0.05) is 12.1 Å². The van der Waals surface area contributed by atoms with E-state index in [4.69, 9.17) is 11.0 Å². The van der Waals surface area contributed by atoms with Crippen LogP contribution >= 0.6 is 0 Å². The maximum Gasteiger partial charge on any atom is 0.253 e. The van der Waals surface area contributed by atoms with Gasteiger partial charge in [0.2, 0.25) is 0 Å². The maximum absolute atomic E-state index is 12.0. The molecule has 0 aliphatic heterocycles. The van der Waals surface area contributed by atoms with Gasteiger partial charge < -0.3 is 10.6 Å². The van der Waals surface area contributed by atoms with Gasteiger partial charge in [0.25, 0.3) is 5.91 Å². The summed E-state index contributed by atoms with van der Waals surface area (Å²) in [7, 11) is 1.70. The summed E-state index contributed by atoms with van der Waals surface area (Å²) in [6.07, 6.45) is 0. The van der Waals surface area contributed by atoms with Gasteiger partial charge in [-0.3, -0.25) is 4.79 Å². The lowest BCUT2D eigenvalue weighted by Gasteiger charge is -2.18. The standard InChI is InChI=1S/C13H17N3O/c1-10(7-14)9-16(2)13(17)12-5-3-11(8-15)4-6-12/h3-6,10H,8-9,15H2,1-2H3. The van der Waals surface area contributed by atoms with Crippen molar-refractivity contribution in [1.29, 1.82) is 5.26 Å². The topological polar surface area (TPSA) is 70.1 Å². The van der Waals surface area contributed by atoms with Crippen LogP contribution < -0.4 is 5.73 Å². The number of carbonyl (C=O) groups excluding carboxylic acids is 1. The smallest absolute Gasteiger partial charge is 0.253 e. The van der Waals surface area contributed by atoms with Crippen molar-refractivity contribution in [3.05, 3.63) is 35.4 Å². The molecule has 0 heterocycles. The number of carbonyl (C=O) groups is 1. The third kappa shape index (κ3) is 3.58. The van der Waals surface area contributed by atoms with E-state index in [9.17, 15) is 4.79 Å². The van der Waals surface area contributed by atoms with Gasteiger partial charge in [-0.25, -0.2) is 0 Å². The maximum atomic E-state index is 12.0. The first-order valence-corrected chi connectivity index (χ1v) is 5.52. The zero-order chi connectivity index (χ0) is 12.8. The van der Waals surface area contributed by atoms with Gasteiger partial charge in [0, 0.05) is 25.7 Å². The number of hydrogen-bond donors (Lipinski definition) is 1. The van der Waals surface area contributed by atoms with Crippen molar-refractivity contribution >= 4 is 5.91 Å². The van der Waals surface area contributed by atoms with Crippen LogP contribution in [0.2, 0.25) is 0 Å². The van der Waals surface area contributed by atoms with E-state index < -0.39 is 0 Å². The van der Waals surface area contributed by atoms with Crippen molar-refractivity contribution in [2.75, 3.05) is 13.6 Å². The summed E-state index contributed by atoms with van der Waals surface area (Å²) in [6, 6.07) is 9.32. The number of nitrogens with two attached hydrogens (primary N) is 1. The molecule has 0 radical (unpaired) electrons. The van der Waals surface area contributed by atoms with E-state index in [0.29, 0.717) is 18.7 Å². The van der Waals surface area contributed by atoms with Crippen molar-refractivity contribution in [3.63, 3.8) is 0 Å². The van der Waals surface area contributed by atoms with Gasteiger partial charge in [0.1, 0.15) is 0 Å². The SMILES string of the molecule is CC(C#N)CN(C)C(=O)c1ccc(CN)cc1. The minimum atomic E-state index is -0.160. The summed E-state index contributed by atoms with van der Waals surface area (Å²) in [4.78, 5) is 13.5. The molecule has 1 atom stereocenters. The van der Waals surface area contributed by atoms with E-state index in [1.165, 1.54) is 0 Å². The number of nitrogens with zero attached hydrogens (tertiary/aromatic N) is 2. The lowest BCUT2D eigenvalue weighted by atomic mass is 10.1. The molecule has 0 bridgehead atoms. The zero-order valence-electron chi connectivity index (χ0n) is 10.2. The highest BCUT2D eigenvalue weighted by molar-refractivity contribution is 5.94. The summed E-state index contributed by atoms with van der Waals surface area (Å²) >= 11 is 0. The molecule has 0 aromatic heterocycles. The second-order valence-corrected chi connectivity index (χ2v) is 4.12. The molecule has 0 spiro atoms. The van der Waals surface area contributed by atoms with E-state index in [-0.39, 0.29) is 11.8 Å². The van der Waals surface area contributed by atoms with Crippen LogP contribution in [0.3, 0.4) is 0 Å². The Morgan fingerprint density at radius 1 is 1.47 bits per heavy atom. The van der Waals surface area contributed by atoms with Crippen molar-refractivity contribution in [3.8, 4) is 6.07 Å². The second-order valence-electron chi connectivity index (χ2n) is 4.12. The van der Waals surface area contributed by atoms with E-state index in [1.807, 2.05) is 12.1 Å². The lowest BCUT2D eigenvalue weighted by Crippen LogP contribution is -2.30. The first-order valence-electron chi connectivity index (χ1n) is 5.52. The highest BCUT2D eigenvalue weighted by Gasteiger charge is 2.13.